The number of morpholine rings is 1. The molecule has 0 saturated carbocycles. The highest BCUT2D eigenvalue weighted by Gasteiger charge is 2.15. The number of hydrogen-bond donors (Lipinski definition) is 0. The van der Waals surface area contributed by atoms with E-state index in [2.05, 4.69) is 14.9 Å². The van der Waals surface area contributed by atoms with E-state index in [1.165, 1.54) is 12.3 Å². The molecule has 0 bridgehead atoms. The zero-order chi connectivity index (χ0) is 15.5. The molecule has 0 N–H and O–H groups in total. The lowest BCUT2D eigenvalue weighted by atomic mass is 10.1. The first-order valence-electron chi connectivity index (χ1n) is 7.19. The summed E-state index contributed by atoms with van der Waals surface area (Å²) in [4.78, 5) is 10.5. The lowest BCUT2D eigenvalue weighted by molar-refractivity contribution is 0.122. The van der Waals surface area contributed by atoms with Crippen LogP contribution in [0.3, 0.4) is 0 Å². The molecule has 1 aliphatic heterocycles. The summed E-state index contributed by atoms with van der Waals surface area (Å²) >= 11 is 0. The summed E-state index contributed by atoms with van der Waals surface area (Å²) in [6.07, 6.45) is -1.18. The molecule has 0 unspecified atom stereocenters. The van der Waals surface area contributed by atoms with Crippen LogP contribution >= 0.6 is 0 Å². The van der Waals surface area contributed by atoms with Crippen molar-refractivity contribution >= 4 is 5.82 Å². The SMILES string of the molecule is Cc1cc(-c2ccnc(C(F)F)c2)nc(N2CCOCC2)c1. The number of rotatable bonds is 3. The molecule has 0 aliphatic carbocycles. The predicted molar refractivity (Wildman–Crippen MR) is 80.2 cm³/mol. The molecule has 0 atom stereocenters. The third kappa shape index (κ3) is 3.22. The Bertz CT molecular complexity index is 658. The van der Waals surface area contributed by atoms with E-state index in [1.807, 2.05) is 19.1 Å². The van der Waals surface area contributed by atoms with Crippen LogP contribution in [-0.2, 0) is 4.74 Å². The van der Waals surface area contributed by atoms with Crippen LogP contribution in [-0.4, -0.2) is 36.3 Å². The minimum absolute atomic E-state index is 0.228. The number of ether oxygens (including phenoxy) is 1. The summed E-state index contributed by atoms with van der Waals surface area (Å²) < 4.78 is 31.0. The summed E-state index contributed by atoms with van der Waals surface area (Å²) in [6.45, 7) is 4.90. The minimum atomic E-state index is -2.58. The maximum absolute atomic E-state index is 12.8. The molecule has 22 heavy (non-hydrogen) atoms. The number of aromatic nitrogens is 2. The number of pyridine rings is 2. The van der Waals surface area contributed by atoms with Crippen molar-refractivity contribution in [1.29, 1.82) is 0 Å². The molecule has 116 valence electrons. The minimum Gasteiger partial charge on any atom is -0.378 e. The lowest BCUT2D eigenvalue weighted by Crippen LogP contribution is -2.36. The van der Waals surface area contributed by atoms with Crippen LogP contribution in [0.15, 0.2) is 30.5 Å². The highest BCUT2D eigenvalue weighted by molar-refractivity contribution is 5.63. The summed E-state index contributed by atoms with van der Waals surface area (Å²) in [5.41, 5.74) is 2.16. The first-order valence-corrected chi connectivity index (χ1v) is 7.19. The largest absolute Gasteiger partial charge is 0.378 e. The molecular formula is C16H17F2N3O. The van der Waals surface area contributed by atoms with Crippen LogP contribution in [0.5, 0.6) is 0 Å². The monoisotopic (exact) mass is 305 g/mol. The van der Waals surface area contributed by atoms with E-state index in [9.17, 15) is 8.78 Å². The Morgan fingerprint density at radius 1 is 1.18 bits per heavy atom. The van der Waals surface area contributed by atoms with Gasteiger partial charge in [0.05, 0.1) is 18.9 Å². The number of hydrogen-bond acceptors (Lipinski definition) is 4. The van der Waals surface area contributed by atoms with Gasteiger partial charge in [-0.15, -0.1) is 0 Å². The molecular weight excluding hydrogens is 288 g/mol. The standard InChI is InChI=1S/C16H17F2N3O/c1-11-8-13(12-2-3-19-14(10-12)16(17)18)20-15(9-11)21-4-6-22-7-5-21/h2-3,8-10,16H,4-7H2,1H3. The van der Waals surface area contributed by atoms with Crippen LogP contribution in [0, 0.1) is 6.92 Å². The van der Waals surface area contributed by atoms with Crippen molar-refractivity contribution in [3.05, 3.63) is 41.7 Å². The summed E-state index contributed by atoms with van der Waals surface area (Å²) in [5.74, 6) is 0.855. The van der Waals surface area contributed by atoms with Crippen molar-refractivity contribution in [2.75, 3.05) is 31.2 Å². The molecule has 1 fully saturated rings. The number of nitrogens with zero attached hydrogens (tertiary/aromatic N) is 3. The van der Waals surface area contributed by atoms with E-state index in [1.54, 1.807) is 6.07 Å². The number of alkyl halides is 2. The molecule has 3 rings (SSSR count). The van der Waals surface area contributed by atoms with Gasteiger partial charge in [0.1, 0.15) is 11.5 Å². The fourth-order valence-corrected chi connectivity index (χ4v) is 2.48. The second-order valence-electron chi connectivity index (χ2n) is 5.26. The Balaban J connectivity index is 1.96. The fourth-order valence-electron chi connectivity index (χ4n) is 2.48. The number of anilines is 1. The zero-order valence-corrected chi connectivity index (χ0v) is 12.3. The van der Waals surface area contributed by atoms with Gasteiger partial charge in [-0.1, -0.05) is 0 Å². The maximum atomic E-state index is 12.8. The Kier molecular flexibility index (Phi) is 4.29. The van der Waals surface area contributed by atoms with Crippen molar-refractivity contribution in [3.63, 3.8) is 0 Å². The fraction of sp³-hybridized carbons (Fsp3) is 0.375. The normalized spacial score (nSPS) is 15.4. The van der Waals surface area contributed by atoms with Crippen molar-refractivity contribution in [3.8, 4) is 11.3 Å². The molecule has 6 heteroatoms. The molecule has 3 heterocycles. The third-order valence-electron chi connectivity index (χ3n) is 3.59. The molecule has 0 aromatic carbocycles. The van der Waals surface area contributed by atoms with Gasteiger partial charge in [0, 0.05) is 24.8 Å². The summed E-state index contributed by atoms with van der Waals surface area (Å²) in [6, 6.07) is 7.00. The number of aryl methyl sites for hydroxylation is 1. The van der Waals surface area contributed by atoms with E-state index in [4.69, 9.17) is 4.74 Å². The highest BCUT2D eigenvalue weighted by atomic mass is 19.3. The van der Waals surface area contributed by atoms with Crippen LogP contribution in [0.4, 0.5) is 14.6 Å². The molecule has 0 amide bonds. The highest BCUT2D eigenvalue weighted by Crippen LogP contribution is 2.26. The molecule has 0 radical (unpaired) electrons. The van der Waals surface area contributed by atoms with E-state index < -0.39 is 6.43 Å². The van der Waals surface area contributed by atoms with Crippen LogP contribution in [0.2, 0.25) is 0 Å². The molecule has 0 spiro atoms. The smallest absolute Gasteiger partial charge is 0.280 e. The van der Waals surface area contributed by atoms with E-state index in [0.29, 0.717) is 24.5 Å². The second kappa shape index (κ2) is 6.36. The van der Waals surface area contributed by atoms with Crippen LogP contribution in [0.1, 0.15) is 17.7 Å². The topological polar surface area (TPSA) is 38.2 Å². The van der Waals surface area contributed by atoms with Gasteiger partial charge in [0.15, 0.2) is 0 Å². The van der Waals surface area contributed by atoms with Gasteiger partial charge in [-0.2, -0.15) is 0 Å². The van der Waals surface area contributed by atoms with Crippen molar-refractivity contribution < 1.29 is 13.5 Å². The first kappa shape index (κ1) is 14.8. The Labute approximate surface area is 127 Å². The average molecular weight is 305 g/mol. The molecule has 2 aromatic heterocycles. The van der Waals surface area contributed by atoms with E-state index in [0.717, 1.165) is 24.5 Å². The molecule has 1 aliphatic rings. The van der Waals surface area contributed by atoms with Crippen molar-refractivity contribution in [1.82, 2.24) is 9.97 Å². The lowest BCUT2D eigenvalue weighted by Gasteiger charge is -2.28. The van der Waals surface area contributed by atoms with Crippen LogP contribution < -0.4 is 4.90 Å². The van der Waals surface area contributed by atoms with Crippen LogP contribution in [0.25, 0.3) is 11.3 Å². The van der Waals surface area contributed by atoms with Gasteiger partial charge >= 0.3 is 0 Å². The maximum Gasteiger partial charge on any atom is 0.280 e. The summed E-state index contributed by atoms with van der Waals surface area (Å²) in [5, 5.41) is 0. The van der Waals surface area contributed by atoms with Gasteiger partial charge < -0.3 is 9.64 Å². The van der Waals surface area contributed by atoms with E-state index >= 15 is 0 Å². The van der Waals surface area contributed by atoms with Crippen molar-refractivity contribution in [2.24, 2.45) is 0 Å². The summed E-state index contributed by atoms with van der Waals surface area (Å²) in [7, 11) is 0. The predicted octanol–water partition coefficient (Wildman–Crippen LogP) is 3.23. The van der Waals surface area contributed by atoms with Gasteiger partial charge in [-0.3, -0.25) is 4.98 Å². The van der Waals surface area contributed by atoms with Gasteiger partial charge in [-0.05, 0) is 36.8 Å². The average Bonchev–Trinajstić information content (AvgIpc) is 2.55. The zero-order valence-electron chi connectivity index (χ0n) is 12.3. The Morgan fingerprint density at radius 2 is 1.95 bits per heavy atom. The second-order valence-corrected chi connectivity index (χ2v) is 5.26. The molecule has 2 aromatic rings. The molecule has 1 saturated heterocycles. The Morgan fingerprint density at radius 3 is 2.68 bits per heavy atom. The quantitative estimate of drug-likeness (QED) is 0.872. The van der Waals surface area contributed by atoms with Gasteiger partial charge in [0.25, 0.3) is 6.43 Å². The molecule has 4 nitrogen and oxygen atoms in total. The first-order chi connectivity index (χ1) is 10.6. The van der Waals surface area contributed by atoms with Gasteiger partial charge in [-0.25, -0.2) is 13.8 Å². The van der Waals surface area contributed by atoms with Crippen molar-refractivity contribution in [2.45, 2.75) is 13.3 Å². The third-order valence-corrected chi connectivity index (χ3v) is 3.59. The number of halogens is 2. The Hall–Kier alpha value is -2.08. The van der Waals surface area contributed by atoms with Gasteiger partial charge in [0.2, 0.25) is 0 Å². The van der Waals surface area contributed by atoms with E-state index in [-0.39, 0.29) is 5.69 Å².